The molecule has 0 radical (unpaired) electrons. The highest BCUT2D eigenvalue weighted by Gasteiger charge is 2.44. The van der Waals surface area contributed by atoms with E-state index in [2.05, 4.69) is 20.6 Å². The Balaban J connectivity index is 0.000000190. The number of hydrogen-bond donors (Lipinski definition) is 4. The van der Waals surface area contributed by atoms with Gasteiger partial charge in [-0.3, -0.25) is 14.9 Å². The Kier molecular flexibility index (Phi) is 5.27. The third-order valence-corrected chi connectivity index (χ3v) is 4.80. The van der Waals surface area contributed by atoms with Gasteiger partial charge >= 0.3 is 17.6 Å². The maximum atomic E-state index is 11.4. The molecule has 5 N–H and O–H groups in total. The van der Waals surface area contributed by atoms with E-state index in [1.807, 2.05) is 0 Å². The Morgan fingerprint density at radius 3 is 2.54 bits per heavy atom. The van der Waals surface area contributed by atoms with Crippen LogP contribution in [0.4, 0.5) is 0 Å². The fourth-order valence-corrected chi connectivity index (χ4v) is 3.05. The predicted octanol–water partition coefficient (Wildman–Crippen LogP) is -2.50. The largest absolute Gasteiger partial charge is 0.480 e. The summed E-state index contributed by atoms with van der Waals surface area (Å²) in [5, 5.41) is 26.9. The number of carboxylic acids is 2. The van der Waals surface area contributed by atoms with Crippen molar-refractivity contribution in [2.75, 3.05) is 5.75 Å². The minimum Gasteiger partial charge on any atom is -0.480 e. The summed E-state index contributed by atoms with van der Waals surface area (Å²) in [5.41, 5.74) is 4.60. The number of hydrogen-bond acceptors (Lipinski definition) is 9. The second kappa shape index (κ2) is 7.09. The van der Waals surface area contributed by atoms with Gasteiger partial charge in [-0.25, -0.2) is 19.0 Å². The van der Waals surface area contributed by atoms with E-state index in [1.54, 1.807) is 0 Å². The number of aryl methyl sites for hydroxylation is 1. The van der Waals surface area contributed by atoms with Gasteiger partial charge in [0.25, 0.3) is 5.91 Å². The van der Waals surface area contributed by atoms with Crippen LogP contribution in [0, 0.1) is 0 Å². The Bertz CT molecular complexity index is 940. The number of rotatable bonds is 3. The van der Waals surface area contributed by atoms with Crippen molar-refractivity contribution in [3.8, 4) is 0 Å². The number of imidazole rings is 1. The maximum absolute atomic E-state index is 11.4. The Labute approximate surface area is 149 Å². The molecule has 3 heterocycles. The van der Waals surface area contributed by atoms with E-state index in [1.165, 1.54) is 20.3 Å². The molecule has 0 aliphatic carbocycles. The first-order valence-corrected chi connectivity index (χ1v) is 8.00. The van der Waals surface area contributed by atoms with Gasteiger partial charge in [0.15, 0.2) is 16.2 Å². The van der Waals surface area contributed by atoms with Crippen molar-refractivity contribution in [2.24, 2.45) is 12.8 Å². The van der Waals surface area contributed by atoms with Crippen LogP contribution in [-0.4, -0.2) is 69.1 Å². The zero-order valence-electron chi connectivity index (χ0n) is 13.6. The van der Waals surface area contributed by atoms with Crippen LogP contribution in [-0.2, 0) is 16.6 Å². The summed E-state index contributed by atoms with van der Waals surface area (Å²) in [4.78, 5) is 45.8. The summed E-state index contributed by atoms with van der Waals surface area (Å²) in [6, 6.07) is -0.754. The predicted molar refractivity (Wildman–Crippen MR) is 87.6 cm³/mol. The number of nitrogens with zero attached hydrogens (tertiary/aromatic N) is 5. The van der Waals surface area contributed by atoms with E-state index in [9.17, 15) is 19.2 Å². The highest BCUT2D eigenvalue weighted by molar-refractivity contribution is 8.01. The summed E-state index contributed by atoms with van der Waals surface area (Å²) in [7, 11) is 1.44. The van der Waals surface area contributed by atoms with Crippen LogP contribution in [0.25, 0.3) is 5.65 Å². The van der Waals surface area contributed by atoms with Crippen LogP contribution in [0.3, 0.4) is 0 Å². The number of carboxylic acid groups (broad SMARTS) is 2. The number of fused-ring (bicyclic) bond motifs is 1. The number of primary amides is 1. The Morgan fingerprint density at radius 1 is 1.42 bits per heavy atom. The van der Waals surface area contributed by atoms with Gasteiger partial charge < -0.3 is 15.9 Å². The Hall–Kier alpha value is -3.00. The first kappa shape index (κ1) is 19.3. The lowest BCUT2D eigenvalue weighted by Crippen LogP contribution is -2.48. The molecule has 2 atom stereocenters. The van der Waals surface area contributed by atoms with Gasteiger partial charge in [-0.1, -0.05) is 5.21 Å². The number of thioether (sulfide) groups is 1. The molecule has 14 heteroatoms. The van der Waals surface area contributed by atoms with Crippen molar-refractivity contribution >= 4 is 35.3 Å². The van der Waals surface area contributed by atoms with Crippen LogP contribution >= 0.6 is 11.8 Å². The van der Waals surface area contributed by atoms with E-state index < -0.39 is 34.4 Å². The van der Waals surface area contributed by atoms with Crippen molar-refractivity contribution < 1.29 is 24.6 Å². The monoisotopic (exact) mass is 385 g/mol. The van der Waals surface area contributed by atoms with Gasteiger partial charge in [0.05, 0.1) is 0 Å². The molecule has 1 amide bonds. The quantitative estimate of drug-likeness (QED) is 0.436. The molecular weight excluding hydrogens is 370 g/mol. The number of carbonyl (C=O) groups excluding carboxylic acids is 1. The molecule has 0 spiro atoms. The zero-order valence-corrected chi connectivity index (χ0v) is 14.4. The molecule has 2 aromatic rings. The minimum absolute atomic E-state index is 0.0600. The molecule has 1 aliphatic heterocycles. The third-order valence-electron chi connectivity index (χ3n) is 3.43. The van der Waals surface area contributed by atoms with Gasteiger partial charge in [-0.05, 0) is 6.92 Å². The van der Waals surface area contributed by atoms with E-state index in [0.717, 1.165) is 20.8 Å². The summed E-state index contributed by atoms with van der Waals surface area (Å²) >= 11 is 1.10. The molecule has 26 heavy (non-hydrogen) atoms. The topological polar surface area (TPSA) is 195 Å². The standard InChI is InChI=1S/C6H6N6O2.C6H9NO4S/c1-11-6(14)12-2-8-3(4(7)13)5(12)9-10-11;1-6(5(10)11)7-3(2-12-6)4(8)9/h2H,1H3,(H2,7,13);3,7H,2H2,1H3,(H,8,9)(H,10,11). The van der Waals surface area contributed by atoms with E-state index in [4.69, 9.17) is 15.9 Å². The van der Waals surface area contributed by atoms with E-state index in [0.29, 0.717) is 0 Å². The first-order chi connectivity index (χ1) is 12.1. The lowest BCUT2D eigenvalue weighted by atomic mass is 10.2. The molecule has 2 aromatic heterocycles. The molecule has 0 saturated carbocycles. The maximum Gasteiger partial charge on any atom is 0.352 e. The number of aromatic nitrogens is 5. The van der Waals surface area contributed by atoms with Gasteiger partial charge in [0.2, 0.25) is 0 Å². The molecule has 140 valence electrons. The van der Waals surface area contributed by atoms with Crippen LogP contribution in [0.5, 0.6) is 0 Å². The van der Waals surface area contributed by atoms with Crippen LogP contribution in [0.2, 0.25) is 0 Å². The number of nitrogens with two attached hydrogens (primary N) is 1. The molecule has 1 aliphatic rings. The summed E-state index contributed by atoms with van der Waals surface area (Å²) in [6.45, 7) is 1.46. The van der Waals surface area contributed by atoms with Gasteiger partial charge in [0.1, 0.15) is 12.4 Å². The molecule has 1 saturated heterocycles. The summed E-state index contributed by atoms with van der Waals surface area (Å²) < 4.78 is 2.13. The second-order valence-corrected chi connectivity index (χ2v) is 6.77. The van der Waals surface area contributed by atoms with Crippen LogP contribution < -0.4 is 16.7 Å². The van der Waals surface area contributed by atoms with Gasteiger partial charge in [-0.2, -0.15) is 4.68 Å². The molecule has 3 rings (SSSR count). The molecule has 0 aromatic carbocycles. The van der Waals surface area contributed by atoms with Crippen molar-refractivity contribution in [1.82, 2.24) is 29.7 Å². The second-order valence-electron chi connectivity index (χ2n) is 5.33. The van der Waals surface area contributed by atoms with Crippen molar-refractivity contribution in [1.29, 1.82) is 0 Å². The normalized spacial score (nSPS) is 21.8. The molecule has 2 unspecified atom stereocenters. The number of nitrogens with one attached hydrogen (secondary N) is 1. The fraction of sp³-hybridized carbons (Fsp3) is 0.417. The lowest BCUT2D eigenvalue weighted by molar-refractivity contribution is -0.142. The van der Waals surface area contributed by atoms with Crippen molar-refractivity contribution in [3.63, 3.8) is 0 Å². The van der Waals surface area contributed by atoms with E-state index >= 15 is 0 Å². The van der Waals surface area contributed by atoms with Crippen LogP contribution in [0.15, 0.2) is 11.1 Å². The fourth-order valence-electron chi connectivity index (χ4n) is 1.98. The average Bonchev–Trinajstić information content (AvgIpc) is 3.17. The number of amides is 1. The highest BCUT2D eigenvalue weighted by Crippen LogP contribution is 2.30. The summed E-state index contributed by atoms with van der Waals surface area (Å²) in [6.07, 6.45) is 1.19. The van der Waals surface area contributed by atoms with Crippen LogP contribution in [0.1, 0.15) is 17.4 Å². The van der Waals surface area contributed by atoms with Crippen molar-refractivity contribution in [3.05, 3.63) is 22.5 Å². The molecule has 13 nitrogen and oxygen atoms in total. The highest BCUT2D eigenvalue weighted by atomic mass is 32.2. The smallest absolute Gasteiger partial charge is 0.352 e. The molecule has 0 bridgehead atoms. The van der Waals surface area contributed by atoms with Crippen molar-refractivity contribution in [2.45, 2.75) is 17.8 Å². The first-order valence-electron chi connectivity index (χ1n) is 7.01. The third kappa shape index (κ3) is 3.65. The Morgan fingerprint density at radius 2 is 2.08 bits per heavy atom. The number of carbonyl (C=O) groups is 3. The molecule has 1 fully saturated rings. The van der Waals surface area contributed by atoms with Gasteiger partial charge in [0, 0.05) is 12.8 Å². The van der Waals surface area contributed by atoms with Gasteiger partial charge in [-0.15, -0.1) is 16.9 Å². The SMILES string of the molecule is CC1(C(=O)O)NC(C(=O)O)CS1.Cn1nnc2c(C(N)=O)ncn2c1=O. The average molecular weight is 385 g/mol. The lowest BCUT2D eigenvalue weighted by Gasteiger charge is -2.17. The zero-order chi connectivity index (χ0) is 19.6. The molecular formula is C12H15N7O6S. The van der Waals surface area contributed by atoms with E-state index in [-0.39, 0.29) is 17.1 Å². The summed E-state index contributed by atoms with van der Waals surface area (Å²) in [5.74, 6) is -2.49. The number of aliphatic carboxylic acids is 2. The minimum atomic E-state index is -1.15.